The molecular formula is C25H50N4O3. The first-order valence-corrected chi connectivity index (χ1v) is 11.6. The summed E-state index contributed by atoms with van der Waals surface area (Å²) in [4.78, 5) is 41.3. The maximum atomic E-state index is 11.4. The fraction of sp³-hybridized carbons (Fsp3) is 0.880. The van der Waals surface area contributed by atoms with Crippen molar-refractivity contribution in [1.82, 2.24) is 19.6 Å². The summed E-state index contributed by atoms with van der Waals surface area (Å²) < 4.78 is 0. The second-order valence-corrected chi connectivity index (χ2v) is 11.7. The van der Waals surface area contributed by atoms with Gasteiger partial charge < -0.3 is 19.6 Å². The van der Waals surface area contributed by atoms with Crippen molar-refractivity contribution in [2.75, 3.05) is 33.2 Å². The second kappa shape index (κ2) is 11.4. The van der Waals surface area contributed by atoms with Gasteiger partial charge in [-0.1, -0.05) is 7.43 Å². The fourth-order valence-corrected chi connectivity index (χ4v) is 3.98. The number of likely N-dealkylation sites (tertiary alicyclic amines) is 2. The van der Waals surface area contributed by atoms with Crippen LogP contribution >= 0.6 is 0 Å². The van der Waals surface area contributed by atoms with Gasteiger partial charge in [0.1, 0.15) is 0 Å². The Morgan fingerprint density at radius 1 is 0.562 bits per heavy atom. The van der Waals surface area contributed by atoms with Gasteiger partial charge in [-0.2, -0.15) is 0 Å². The van der Waals surface area contributed by atoms with Gasteiger partial charge in [-0.15, -0.1) is 0 Å². The van der Waals surface area contributed by atoms with Crippen LogP contribution in [0, 0.1) is 0 Å². The Morgan fingerprint density at radius 3 is 1.03 bits per heavy atom. The van der Waals surface area contributed by atoms with Crippen LogP contribution in [0.5, 0.6) is 0 Å². The van der Waals surface area contributed by atoms with Crippen LogP contribution in [-0.4, -0.2) is 87.3 Å². The van der Waals surface area contributed by atoms with Crippen LogP contribution < -0.4 is 0 Å². The lowest BCUT2D eigenvalue weighted by Gasteiger charge is -2.31. The highest BCUT2D eigenvalue weighted by Gasteiger charge is 2.33. The number of carbonyl (C=O) groups excluding carboxylic acids is 3. The third-order valence-corrected chi connectivity index (χ3v) is 5.79. The Morgan fingerprint density at radius 2 is 0.906 bits per heavy atom. The van der Waals surface area contributed by atoms with Crippen LogP contribution in [0.25, 0.3) is 0 Å². The monoisotopic (exact) mass is 454 g/mol. The van der Waals surface area contributed by atoms with Crippen molar-refractivity contribution in [3.63, 3.8) is 0 Å². The van der Waals surface area contributed by atoms with Crippen molar-refractivity contribution < 1.29 is 14.4 Å². The molecule has 3 aliphatic rings. The third-order valence-electron chi connectivity index (χ3n) is 5.79. The summed E-state index contributed by atoms with van der Waals surface area (Å²) in [6, 6.07) is 0.150. The first-order valence-electron chi connectivity index (χ1n) is 11.6. The smallest absolute Gasteiger partial charge is 0.320 e. The molecule has 0 aromatic heterocycles. The molecule has 0 aromatic carbocycles. The molecule has 0 aromatic rings. The summed E-state index contributed by atoms with van der Waals surface area (Å²) in [5.74, 6) is 0.625. The molecule has 0 N–H and O–H groups in total. The van der Waals surface area contributed by atoms with E-state index in [1.807, 2.05) is 21.7 Å². The first-order chi connectivity index (χ1) is 14.0. The molecule has 0 unspecified atom stereocenters. The average Bonchev–Trinajstić information content (AvgIpc) is 3.28. The van der Waals surface area contributed by atoms with E-state index in [1.165, 1.54) is 0 Å². The zero-order valence-electron chi connectivity index (χ0n) is 21.7. The molecule has 0 radical (unpaired) electrons. The molecule has 3 rings (SSSR count). The molecule has 4 amide bonds. The fourth-order valence-electron chi connectivity index (χ4n) is 3.98. The van der Waals surface area contributed by atoms with Gasteiger partial charge in [0.25, 0.3) is 0 Å². The second-order valence-electron chi connectivity index (χ2n) is 11.7. The Bertz CT molecular complexity index is 605. The van der Waals surface area contributed by atoms with E-state index in [9.17, 15) is 14.4 Å². The van der Waals surface area contributed by atoms with Gasteiger partial charge >= 0.3 is 6.03 Å². The number of carbonyl (C=O) groups is 3. The molecule has 0 bridgehead atoms. The van der Waals surface area contributed by atoms with Gasteiger partial charge in [0, 0.05) is 62.7 Å². The summed E-state index contributed by atoms with van der Waals surface area (Å²) in [7, 11) is 1.84. The van der Waals surface area contributed by atoms with Crippen LogP contribution in [0.15, 0.2) is 0 Å². The molecule has 3 heterocycles. The molecule has 7 nitrogen and oxygen atoms in total. The molecule has 32 heavy (non-hydrogen) atoms. The highest BCUT2D eigenvalue weighted by Crippen LogP contribution is 2.22. The number of likely N-dealkylation sites (N-methyl/N-ethyl adjacent to an activating group) is 1. The number of urea groups is 1. The van der Waals surface area contributed by atoms with Crippen LogP contribution in [0.4, 0.5) is 4.79 Å². The third kappa shape index (κ3) is 8.62. The standard InChI is InChI=1S/C8H16N2O.2C8H15NO.CH4/c1-8(2,3)10-6-5-9(4)7(10)11;2*1-8(2,3)9-6-4-5-7(9)10;/h5-6H2,1-4H3;2*4-6H2,1-3H3;1H4. The lowest BCUT2D eigenvalue weighted by atomic mass is 10.1. The molecule has 0 aliphatic carbocycles. The maximum absolute atomic E-state index is 11.4. The van der Waals surface area contributed by atoms with E-state index >= 15 is 0 Å². The largest absolute Gasteiger partial charge is 0.338 e. The van der Waals surface area contributed by atoms with Gasteiger partial charge in [-0.25, -0.2) is 4.79 Å². The Kier molecular flexibility index (Phi) is 10.7. The van der Waals surface area contributed by atoms with Crippen LogP contribution in [0.1, 0.15) is 95.4 Å². The normalized spacial score (nSPS) is 19.5. The first kappa shape index (κ1) is 30.2. The topological polar surface area (TPSA) is 64.2 Å². The molecule has 0 atom stereocenters. The van der Waals surface area contributed by atoms with Gasteiger partial charge in [0.15, 0.2) is 0 Å². The summed E-state index contributed by atoms with van der Waals surface area (Å²) in [5.41, 5.74) is 0.0447. The van der Waals surface area contributed by atoms with E-state index in [1.54, 1.807) is 4.90 Å². The van der Waals surface area contributed by atoms with Crippen molar-refractivity contribution in [1.29, 1.82) is 0 Å². The summed E-state index contributed by atoms with van der Waals surface area (Å²) in [6.45, 7) is 22.3. The molecule has 0 saturated carbocycles. The molecule has 3 saturated heterocycles. The number of rotatable bonds is 0. The minimum atomic E-state index is -0.0259. The van der Waals surface area contributed by atoms with Crippen LogP contribution in [0.2, 0.25) is 0 Å². The van der Waals surface area contributed by atoms with E-state index in [2.05, 4.69) is 62.3 Å². The average molecular weight is 455 g/mol. The Labute approximate surface area is 197 Å². The Balaban J connectivity index is 0.000000444. The SMILES string of the molecule is C.CC(C)(C)N1CCCC1=O.CC(C)(C)N1CCCC1=O.CN1CCN(C(C)(C)C)C1=O. The van der Waals surface area contributed by atoms with E-state index < -0.39 is 0 Å². The molecule has 0 spiro atoms. The van der Waals surface area contributed by atoms with Gasteiger partial charge in [-0.05, 0) is 75.2 Å². The maximum Gasteiger partial charge on any atom is 0.320 e. The predicted octanol–water partition coefficient (Wildman–Crippen LogP) is 4.60. The molecule has 3 fully saturated rings. The lowest BCUT2D eigenvalue weighted by molar-refractivity contribution is -0.132. The Hall–Kier alpha value is -1.79. The minimum Gasteiger partial charge on any atom is -0.338 e. The number of hydrogen-bond acceptors (Lipinski definition) is 3. The van der Waals surface area contributed by atoms with Crippen molar-refractivity contribution in [2.45, 2.75) is 112 Å². The molecule has 3 aliphatic heterocycles. The summed E-state index contributed by atoms with van der Waals surface area (Å²) in [5, 5.41) is 0. The van der Waals surface area contributed by atoms with Crippen molar-refractivity contribution in [3.05, 3.63) is 0 Å². The minimum absolute atomic E-state index is 0. The van der Waals surface area contributed by atoms with E-state index in [4.69, 9.17) is 0 Å². The summed E-state index contributed by atoms with van der Waals surface area (Å²) in [6.07, 6.45) is 3.57. The quantitative estimate of drug-likeness (QED) is 0.537. The summed E-state index contributed by atoms with van der Waals surface area (Å²) >= 11 is 0. The lowest BCUT2D eigenvalue weighted by Crippen LogP contribution is -2.43. The number of nitrogens with zero attached hydrogens (tertiary/aromatic N) is 4. The van der Waals surface area contributed by atoms with Crippen molar-refractivity contribution in [2.24, 2.45) is 0 Å². The molecule has 7 heteroatoms. The zero-order valence-corrected chi connectivity index (χ0v) is 21.7. The highest BCUT2D eigenvalue weighted by molar-refractivity contribution is 5.79. The van der Waals surface area contributed by atoms with Crippen LogP contribution in [-0.2, 0) is 9.59 Å². The van der Waals surface area contributed by atoms with Crippen molar-refractivity contribution >= 4 is 17.8 Å². The van der Waals surface area contributed by atoms with Crippen LogP contribution in [0.3, 0.4) is 0 Å². The van der Waals surface area contributed by atoms with Crippen molar-refractivity contribution in [3.8, 4) is 0 Å². The highest BCUT2D eigenvalue weighted by atomic mass is 16.2. The van der Waals surface area contributed by atoms with Gasteiger partial charge in [0.05, 0.1) is 0 Å². The number of hydrogen-bond donors (Lipinski definition) is 0. The molecular weight excluding hydrogens is 404 g/mol. The zero-order chi connectivity index (χ0) is 24.2. The predicted molar refractivity (Wildman–Crippen MR) is 133 cm³/mol. The van der Waals surface area contributed by atoms with Gasteiger partial charge in [0.2, 0.25) is 11.8 Å². The van der Waals surface area contributed by atoms with E-state index in [0.29, 0.717) is 11.8 Å². The number of amides is 4. The van der Waals surface area contributed by atoms with E-state index in [0.717, 1.165) is 51.9 Å². The van der Waals surface area contributed by atoms with Gasteiger partial charge in [-0.3, -0.25) is 9.59 Å². The molecule has 188 valence electrons. The van der Waals surface area contributed by atoms with E-state index in [-0.39, 0.29) is 30.1 Å².